The molecule has 2 aromatic carbocycles. The highest BCUT2D eigenvalue weighted by Gasteiger charge is 2.33. The zero-order valence-corrected chi connectivity index (χ0v) is 14.8. The number of hydrogen-bond acceptors (Lipinski definition) is 0. The van der Waals surface area contributed by atoms with E-state index in [1.807, 2.05) is 0 Å². The van der Waals surface area contributed by atoms with E-state index >= 15 is 0 Å². The molecule has 24 heavy (non-hydrogen) atoms. The Kier molecular flexibility index (Phi) is 3.92. The van der Waals surface area contributed by atoms with Crippen LogP contribution in [0.5, 0.6) is 0 Å². The highest BCUT2D eigenvalue weighted by molar-refractivity contribution is 5.75. The summed E-state index contributed by atoms with van der Waals surface area (Å²) in [6.07, 6.45) is 7.00. The molecule has 0 aliphatic heterocycles. The molecule has 0 heteroatoms. The summed E-state index contributed by atoms with van der Waals surface area (Å²) < 4.78 is 0. The van der Waals surface area contributed by atoms with Crippen molar-refractivity contribution < 1.29 is 0 Å². The van der Waals surface area contributed by atoms with Crippen molar-refractivity contribution in [1.29, 1.82) is 0 Å². The normalized spacial score (nSPS) is 18.1. The van der Waals surface area contributed by atoms with Gasteiger partial charge in [0.2, 0.25) is 0 Å². The van der Waals surface area contributed by atoms with E-state index in [0.29, 0.717) is 5.92 Å². The minimum atomic E-state index is 0.578. The molecule has 120 valence electrons. The van der Waals surface area contributed by atoms with Gasteiger partial charge in [-0.05, 0) is 48.4 Å². The maximum absolute atomic E-state index is 2.35. The first-order valence-electron chi connectivity index (χ1n) is 8.98. The van der Waals surface area contributed by atoms with Gasteiger partial charge >= 0.3 is 0 Å². The van der Waals surface area contributed by atoms with Crippen molar-refractivity contribution in [2.75, 3.05) is 0 Å². The molecular formula is C24H24. The van der Waals surface area contributed by atoms with Crippen LogP contribution in [-0.2, 0) is 0 Å². The standard InChI is InChI=1S/C24H24/c1-4-18(24-17(3)14-20-10-6-8-12-22(20)24)15-23-16(2)13-19-9-5-7-11-21(19)23/h5-14,18H,4,15H2,1-3H3. The van der Waals surface area contributed by atoms with Crippen molar-refractivity contribution in [3.05, 3.63) is 93.8 Å². The van der Waals surface area contributed by atoms with Gasteiger partial charge in [0.1, 0.15) is 0 Å². The Hall–Kier alpha value is -2.08. The van der Waals surface area contributed by atoms with Gasteiger partial charge in [0.05, 0.1) is 0 Å². The third-order valence-electron chi connectivity index (χ3n) is 5.53. The van der Waals surface area contributed by atoms with Crippen LogP contribution in [0.15, 0.2) is 59.7 Å². The molecule has 0 heterocycles. The molecule has 4 rings (SSSR count). The van der Waals surface area contributed by atoms with Crippen LogP contribution in [0, 0.1) is 17.8 Å². The summed E-state index contributed by atoms with van der Waals surface area (Å²) >= 11 is 0. The summed E-state index contributed by atoms with van der Waals surface area (Å²) in [5.41, 5.74) is 8.51. The van der Waals surface area contributed by atoms with Crippen LogP contribution in [0.4, 0.5) is 0 Å². The molecule has 0 bridgehead atoms. The zero-order chi connectivity index (χ0) is 16.7. The molecule has 0 N–H and O–H groups in total. The van der Waals surface area contributed by atoms with Gasteiger partial charge < -0.3 is 0 Å². The van der Waals surface area contributed by atoms with Crippen molar-refractivity contribution in [1.82, 2.24) is 0 Å². The predicted octanol–water partition coefficient (Wildman–Crippen LogP) is 6.48. The molecule has 0 nitrogen and oxygen atoms in total. The van der Waals surface area contributed by atoms with Crippen molar-refractivity contribution in [3.63, 3.8) is 0 Å². The topological polar surface area (TPSA) is 0 Å². The maximum atomic E-state index is 2.35. The Bertz CT molecular complexity index is 821. The molecule has 2 aromatic rings. The molecule has 0 saturated carbocycles. The molecule has 2 aliphatic carbocycles. The highest BCUT2D eigenvalue weighted by Crippen LogP contribution is 2.47. The minimum absolute atomic E-state index is 0.578. The Morgan fingerprint density at radius 2 is 1.33 bits per heavy atom. The van der Waals surface area contributed by atoms with Gasteiger partial charge in [-0.2, -0.15) is 0 Å². The number of fused-ring (bicyclic) bond motifs is 2. The third-order valence-corrected chi connectivity index (χ3v) is 5.53. The molecule has 0 spiro atoms. The lowest BCUT2D eigenvalue weighted by Gasteiger charge is -2.28. The first kappa shape index (κ1) is 15.4. The van der Waals surface area contributed by atoms with Gasteiger partial charge in [-0.3, -0.25) is 0 Å². The first-order chi connectivity index (χ1) is 11.7. The quantitative estimate of drug-likeness (QED) is 0.606. The molecular weight excluding hydrogens is 288 g/mol. The number of benzene rings is 2. The van der Waals surface area contributed by atoms with Gasteiger partial charge in [0, 0.05) is 11.8 Å². The number of hydrogen-bond donors (Lipinski definition) is 0. The minimum Gasteiger partial charge on any atom is -0.0651 e. The fourth-order valence-corrected chi connectivity index (χ4v) is 4.33. The van der Waals surface area contributed by atoms with Crippen molar-refractivity contribution >= 4 is 12.2 Å². The number of rotatable bonds is 4. The molecule has 0 saturated heterocycles. The monoisotopic (exact) mass is 312 g/mol. The van der Waals surface area contributed by atoms with E-state index in [0.717, 1.165) is 6.42 Å². The summed E-state index contributed by atoms with van der Waals surface area (Å²) in [4.78, 5) is 0. The first-order valence-corrected chi connectivity index (χ1v) is 8.98. The molecule has 1 atom stereocenters. The predicted molar refractivity (Wildman–Crippen MR) is 103 cm³/mol. The second-order valence-electron chi connectivity index (χ2n) is 7.03. The number of allylic oxidation sites excluding steroid dienone is 2. The molecule has 0 fully saturated rings. The molecule has 0 aromatic heterocycles. The molecule has 0 amide bonds. The van der Waals surface area contributed by atoms with Crippen LogP contribution in [-0.4, -0.2) is 0 Å². The molecule has 2 aliphatic rings. The van der Waals surface area contributed by atoms with Gasteiger partial charge in [0.15, 0.2) is 0 Å². The Morgan fingerprint density at radius 3 is 2.04 bits per heavy atom. The summed E-state index contributed by atoms with van der Waals surface area (Å²) in [5.74, 6) is 3.66. The second kappa shape index (κ2) is 6.09. The van der Waals surface area contributed by atoms with E-state index in [1.165, 1.54) is 45.7 Å². The fraction of sp³-hybridized carbons (Fsp3) is 0.250. The van der Waals surface area contributed by atoms with Gasteiger partial charge in [-0.15, -0.1) is 0 Å². The van der Waals surface area contributed by atoms with Crippen LogP contribution in [0.3, 0.4) is 0 Å². The van der Waals surface area contributed by atoms with Gasteiger partial charge in [0.25, 0.3) is 0 Å². The van der Waals surface area contributed by atoms with Crippen LogP contribution >= 0.6 is 0 Å². The zero-order valence-electron chi connectivity index (χ0n) is 14.8. The molecule has 1 unspecified atom stereocenters. The summed E-state index contributed by atoms with van der Waals surface area (Å²) in [6, 6.07) is 17.6. The van der Waals surface area contributed by atoms with E-state index in [-0.39, 0.29) is 0 Å². The highest BCUT2D eigenvalue weighted by atomic mass is 14.4. The van der Waals surface area contributed by atoms with E-state index < -0.39 is 0 Å². The van der Waals surface area contributed by atoms with E-state index in [2.05, 4.69) is 81.5 Å². The van der Waals surface area contributed by atoms with E-state index in [4.69, 9.17) is 0 Å². The smallest absolute Gasteiger partial charge is 0.0333 e. The summed E-state index contributed by atoms with van der Waals surface area (Å²) in [6.45, 7) is 6.86. The van der Waals surface area contributed by atoms with Gasteiger partial charge in [-0.25, -0.2) is 0 Å². The molecule has 2 radical (unpaired) electrons. The summed E-state index contributed by atoms with van der Waals surface area (Å²) in [5, 5.41) is 0. The van der Waals surface area contributed by atoms with Crippen molar-refractivity contribution in [2.24, 2.45) is 5.92 Å². The second-order valence-corrected chi connectivity index (χ2v) is 7.03. The van der Waals surface area contributed by atoms with Crippen LogP contribution < -0.4 is 0 Å². The lowest BCUT2D eigenvalue weighted by molar-refractivity contribution is 0.532. The Morgan fingerprint density at radius 1 is 0.750 bits per heavy atom. The largest absolute Gasteiger partial charge is 0.0651 e. The maximum Gasteiger partial charge on any atom is 0.0333 e. The van der Waals surface area contributed by atoms with E-state index in [1.54, 1.807) is 5.92 Å². The fourth-order valence-electron chi connectivity index (χ4n) is 4.33. The lowest BCUT2D eigenvalue weighted by Crippen LogP contribution is -2.17. The Labute approximate surface area is 145 Å². The summed E-state index contributed by atoms with van der Waals surface area (Å²) in [7, 11) is 0. The van der Waals surface area contributed by atoms with Crippen LogP contribution in [0.2, 0.25) is 0 Å². The average Bonchev–Trinajstić information content (AvgIpc) is 3.09. The Balaban J connectivity index is 1.65. The van der Waals surface area contributed by atoms with Crippen LogP contribution in [0.1, 0.15) is 55.9 Å². The van der Waals surface area contributed by atoms with Crippen molar-refractivity contribution in [3.8, 4) is 0 Å². The average molecular weight is 312 g/mol. The van der Waals surface area contributed by atoms with Crippen LogP contribution in [0.25, 0.3) is 12.2 Å². The third kappa shape index (κ3) is 2.45. The van der Waals surface area contributed by atoms with Crippen molar-refractivity contribution in [2.45, 2.75) is 33.6 Å². The van der Waals surface area contributed by atoms with Gasteiger partial charge in [-0.1, -0.05) is 85.2 Å². The lowest BCUT2D eigenvalue weighted by atomic mass is 9.75. The SMILES string of the molecule is CCC(C[C]1C(C)=Cc2ccccc21)[C]1C(C)=Cc2ccccc21. The van der Waals surface area contributed by atoms with E-state index in [9.17, 15) is 0 Å².